The fraction of sp³-hybridized carbons (Fsp3) is 0.737. The van der Waals surface area contributed by atoms with Crippen molar-refractivity contribution in [1.29, 1.82) is 0 Å². The molecule has 0 spiro atoms. The third kappa shape index (κ3) is 5.33. The maximum atomic E-state index is 13.1. The average molecular weight is 429 g/mol. The molecule has 1 aliphatic rings. The summed E-state index contributed by atoms with van der Waals surface area (Å²) >= 11 is 0. The molecule has 0 saturated heterocycles. The molecule has 1 heterocycles. The average Bonchev–Trinajstić information content (AvgIpc) is 2.47. The molecule has 4 nitrogen and oxygen atoms in total. The van der Waals surface area contributed by atoms with E-state index in [9.17, 15) is 36.6 Å². The lowest BCUT2D eigenvalue weighted by atomic mass is 9.58. The Hall–Kier alpha value is -1.55. The van der Waals surface area contributed by atoms with E-state index >= 15 is 0 Å². The number of hydrogen-bond donors (Lipinski definition) is 2. The Labute approximate surface area is 164 Å². The minimum Gasteiger partial charge on any atom is -0.473 e. The minimum atomic E-state index is -5.07. The number of alkyl halides is 6. The summed E-state index contributed by atoms with van der Waals surface area (Å²) in [6.07, 6.45) is -10.4. The normalized spacial score (nSPS) is 25.0. The zero-order valence-corrected chi connectivity index (χ0v) is 16.7. The van der Waals surface area contributed by atoms with Crippen LogP contribution in [0.1, 0.15) is 58.7 Å². The summed E-state index contributed by atoms with van der Waals surface area (Å²) in [5.74, 6) is -3.29. The molecule has 0 radical (unpaired) electrons. The lowest BCUT2D eigenvalue weighted by molar-refractivity contribution is -0.223. The molecule has 1 aliphatic carbocycles. The highest BCUT2D eigenvalue weighted by atomic mass is 19.4. The molecule has 0 aromatic carbocycles. The van der Waals surface area contributed by atoms with Crippen LogP contribution in [0, 0.1) is 16.7 Å². The van der Waals surface area contributed by atoms with Crippen molar-refractivity contribution in [3.63, 3.8) is 0 Å². The largest absolute Gasteiger partial charge is 0.473 e. The van der Waals surface area contributed by atoms with Gasteiger partial charge >= 0.3 is 12.4 Å². The number of ether oxygens (including phenoxy) is 1. The predicted molar refractivity (Wildman–Crippen MR) is 91.8 cm³/mol. The molecule has 0 bridgehead atoms. The fourth-order valence-corrected chi connectivity index (χ4v) is 4.32. The lowest BCUT2D eigenvalue weighted by Crippen LogP contribution is -2.55. The van der Waals surface area contributed by atoms with E-state index in [2.05, 4.69) is 4.98 Å². The number of pyridine rings is 1. The maximum absolute atomic E-state index is 13.1. The Morgan fingerprint density at radius 2 is 1.41 bits per heavy atom. The molecule has 1 saturated carbocycles. The molecule has 2 N–H and O–H groups in total. The molecular formula is C19H25F6NO3. The summed E-state index contributed by atoms with van der Waals surface area (Å²) in [6, 6.07) is 0.401. The van der Waals surface area contributed by atoms with Gasteiger partial charge in [-0.2, -0.15) is 26.3 Å². The van der Waals surface area contributed by atoms with E-state index in [1.165, 1.54) is 6.92 Å². The zero-order valence-electron chi connectivity index (χ0n) is 16.7. The van der Waals surface area contributed by atoms with Crippen molar-refractivity contribution in [3.8, 4) is 5.88 Å². The highest BCUT2D eigenvalue weighted by molar-refractivity contribution is 5.29. The third-order valence-electron chi connectivity index (χ3n) is 5.40. The van der Waals surface area contributed by atoms with Gasteiger partial charge in [0.05, 0.1) is 5.56 Å². The molecule has 0 amide bonds. The first-order valence-corrected chi connectivity index (χ1v) is 9.01. The van der Waals surface area contributed by atoms with E-state index in [1.807, 2.05) is 0 Å². The van der Waals surface area contributed by atoms with Crippen LogP contribution in [0.5, 0.6) is 5.88 Å². The summed E-state index contributed by atoms with van der Waals surface area (Å²) in [5.41, 5.74) is -4.76. The van der Waals surface area contributed by atoms with E-state index in [4.69, 9.17) is 4.74 Å². The van der Waals surface area contributed by atoms with Gasteiger partial charge in [-0.3, -0.25) is 0 Å². The molecule has 0 aliphatic heterocycles. The van der Waals surface area contributed by atoms with Crippen molar-refractivity contribution in [2.24, 2.45) is 16.7 Å². The second-order valence-corrected chi connectivity index (χ2v) is 9.25. The Kier molecular flexibility index (Phi) is 5.73. The van der Waals surface area contributed by atoms with Crippen LogP contribution in [0.3, 0.4) is 0 Å². The molecule has 1 fully saturated rings. The van der Waals surface area contributed by atoms with Crippen LogP contribution in [0.4, 0.5) is 26.3 Å². The number of aliphatic hydroxyl groups is 2. The molecule has 166 valence electrons. The summed E-state index contributed by atoms with van der Waals surface area (Å²) in [6.45, 7) is 8.12. The van der Waals surface area contributed by atoms with Gasteiger partial charge in [0.1, 0.15) is 11.8 Å². The Balaban J connectivity index is 2.47. The number of halogens is 6. The van der Waals surface area contributed by atoms with Crippen molar-refractivity contribution in [1.82, 2.24) is 4.98 Å². The molecular weight excluding hydrogens is 404 g/mol. The summed E-state index contributed by atoms with van der Waals surface area (Å²) in [7, 11) is 0. The fourth-order valence-electron chi connectivity index (χ4n) is 4.32. The van der Waals surface area contributed by atoms with Crippen molar-refractivity contribution in [2.75, 3.05) is 0 Å². The van der Waals surface area contributed by atoms with Gasteiger partial charge in [-0.25, -0.2) is 4.98 Å². The standard InChI is InChI=1S/C19H25F6NO3/c1-15(2)8-11(17(5,27)28)9-16(3,4)14(15)29-13-7-10(18(20,21)22)6-12(26-13)19(23,24)25/h6-7,11,14,27-28H,8-9H2,1-5H3. The van der Waals surface area contributed by atoms with E-state index in [0.29, 0.717) is 6.07 Å². The number of hydrogen-bond acceptors (Lipinski definition) is 4. The van der Waals surface area contributed by atoms with Crippen molar-refractivity contribution >= 4 is 0 Å². The molecule has 1 aromatic heterocycles. The molecule has 0 unspecified atom stereocenters. The Morgan fingerprint density at radius 3 is 1.79 bits per heavy atom. The van der Waals surface area contributed by atoms with Gasteiger partial charge in [0.15, 0.2) is 5.79 Å². The van der Waals surface area contributed by atoms with Crippen LogP contribution in [0.15, 0.2) is 12.1 Å². The van der Waals surface area contributed by atoms with Gasteiger partial charge in [0.2, 0.25) is 5.88 Å². The van der Waals surface area contributed by atoms with E-state index in [0.717, 1.165) is 0 Å². The van der Waals surface area contributed by atoms with Gasteiger partial charge in [-0.05, 0) is 25.8 Å². The SMILES string of the molecule is CC(O)(O)C1CC(C)(C)C(Oc2cc(C(F)(F)F)cc(C(F)(F)F)n2)C(C)(C)C1. The van der Waals surface area contributed by atoms with Gasteiger partial charge in [0, 0.05) is 22.8 Å². The number of aromatic nitrogens is 1. The van der Waals surface area contributed by atoms with Crippen LogP contribution < -0.4 is 4.74 Å². The van der Waals surface area contributed by atoms with Crippen LogP contribution in [0.2, 0.25) is 0 Å². The number of nitrogens with zero attached hydrogens (tertiary/aromatic N) is 1. The highest BCUT2D eigenvalue weighted by Crippen LogP contribution is 2.52. The Morgan fingerprint density at radius 1 is 0.931 bits per heavy atom. The third-order valence-corrected chi connectivity index (χ3v) is 5.40. The van der Waals surface area contributed by atoms with Crippen LogP contribution in [-0.2, 0) is 12.4 Å². The van der Waals surface area contributed by atoms with E-state index < -0.39 is 58.1 Å². The van der Waals surface area contributed by atoms with Crippen LogP contribution >= 0.6 is 0 Å². The molecule has 0 atom stereocenters. The second-order valence-electron chi connectivity index (χ2n) is 9.25. The summed E-state index contributed by atoms with van der Waals surface area (Å²) < 4.78 is 84.1. The quantitative estimate of drug-likeness (QED) is 0.523. The predicted octanol–water partition coefficient (Wildman–Crippen LogP) is 5.03. The zero-order chi connectivity index (χ0) is 22.6. The molecule has 1 aromatic rings. The first-order valence-electron chi connectivity index (χ1n) is 9.01. The maximum Gasteiger partial charge on any atom is 0.433 e. The molecule has 29 heavy (non-hydrogen) atoms. The first kappa shape index (κ1) is 23.7. The van der Waals surface area contributed by atoms with Gasteiger partial charge < -0.3 is 14.9 Å². The Bertz CT molecular complexity index is 700. The molecule has 2 rings (SSSR count). The van der Waals surface area contributed by atoms with Gasteiger partial charge in [-0.15, -0.1) is 0 Å². The number of rotatable bonds is 3. The summed E-state index contributed by atoms with van der Waals surface area (Å²) in [5, 5.41) is 20.0. The summed E-state index contributed by atoms with van der Waals surface area (Å²) in [4.78, 5) is 3.27. The second kappa shape index (κ2) is 7.01. The van der Waals surface area contributed by atoms with Crippen molar-refractivity contribution in [3.05, 3.63) is 23.4 Å². The van der Waals surface area contributed by atoms with Crippen LogP contribution in [0.25, 0.3) is 0 Å². The van der Waals surface area contributed by atoms with Crippen LogP contribution in [-0.4, -0.2) is 27.1 Å². The lowest BCUT2D eigenvalue weighted by Gasteiger charge is -2.53. The van der Waals surface area contributed by atoms with Gasteiger partial charge in [0.25, 0.3) is 0 Å². The van der Waals surface area contributed by atoms with Crippen molar-refractivity contribution < 1.29 is 41.3 Å². The molecule has 10 heteroatoms. The van der Waals surface area contributed by atoms with E-state index in [-0.39, 0.29) is 18.9 Å². The topological polar surface area (TPSA) is 62.6 Å². The van der Waals surface area contributed by atoms with E-state index in [1.54, 1.807) is 27.7 Å². The van der Waals surface area contributed by atoms with Gasteiger partial charge in [-0.1, -0.05) is 27.7 Å². The first-order chi connectivity index (χ1) is 12.7. The van der Waals surface area contributed by atoms with Crippen molar-refractivity contribution in [2.45, 2.75) is 71.7 Å². The minimum absolute atomic E-state index is 0.0526. The smallest absolute Gasteiger partial charge is 0.433 e. The monoisotopic (exact) mass is 429 g/mol. The highest BCUT2D eigenvalue weighted by Gasteiger charge is 2.53.